The Morgan fingerprint density at radius 3 is 2.64 bits per heavy atom. The van der Waals surface area contributed by atoms with Gasteiger partial charge in [0.15, 0.2) is 0 Å². The number of likely N-dealkylation sites (tertiary alicyclic amines) is 1. The minimum atomic E-state index is -0.675. The summed E-state index contributed by atoms with van der Waals surface area (Å²) in [6.45, 7) is 4.95. The van der Waals surface area contributed by atoms with E-state index in [9.17, 15) is 9.90 Å². The molecule has 0 saturated carbocycles. The fourth-order valence-electron chi connectivity index (χ4n) is 3.18. The number of benzene rings is 1. The molecule has 0 radical (unpaired) electrons. The first kappa shape index (κ1) is 17.0. The Kier molecular flexibility index (Phi) is 5.98. The van der Waals surface area contributed by atoms with Crippen LogP contribution in [0.25, 0.3) is 0 Å². The summed E-state index contributed by atoms with van der Waals surface area (Å²) in [6, 6.07) is 9.68. The molecule has 1 heterocycles. The lowest BCUT2D eigenvalue weighted by molar-refractivity contribution is -0.126. The van der Waals surface area contributed by atoms with Crippen molar-refractivity contribution in [2.75, 3.05) is 13.6 Å². The molecular formula is C18H28N2O2. The lowest BCUT2D eigenvalue weighted by Crippen LogP contribution is -2.41. The largest absolute Gasteiger partial charge is 0.386 e. The van der Waals surface area contributed by atoms with Crippen LogP contribution in [0.1, 0.15) is 44.8 Å². The van der Waals surface area contributed by atoms with E-state index in [0.29, 0.717) is 6.04 Å². The lowest BCUT2D eigenvalue weighted by atomic mass is 9.98. The normalized spacial score (nSPS) is 23.0. The van der Waals surface area contributed by atoms with E-state index in [1.807, 2.05) is 44.2 Å². The summed E-state index contributed by atoms with van der Waals surface area (Å²) in [6.07, 6.45) is 2.61. The highest BCUT2D eigenvalue weighted by Gasteiger charge is 2.27. The summed E-state index contributed by atoms with van der Waals surface area (Å²) in [7, 11) is 2.13. The number of aliphatic hydroxyl groups is 1. The Hall–Kier alpha value is -1.39. The highest BCUT2D eigenvalue weighted by atomic mass is 16.3. The molecule has 1 fully saturated rings. The molecule has 1 aromatic carbocycles. The summed E-state index contributed by atoms with van der Waals surface area (Å²) in [5.41, 5.74) is 0.832. The molecule has 0 bridgehead atoms. The maximum Gasteiger partial charge on any atom is 0.223 e. The van der Waals surface area contributed by atoms with Crippen molar-refractivity contribution in [3.05, 3.63) is 35.9 Å². The minimum Gasteiger partial charge on any atom is -0.386 e. The van der Waals surface area contributed by atoms with Crippen LogP contribution in [0, 0.1) is 5.92 Å². The van der Waals surface area contributed by atoms with Gasteiger partial charge in [-0.3, -0.25) is 4.79 Å². The SMILES string of the molecule is CC(C[C@@H]1CCCN1C)C(=O)N[C@H](C)C(O)c1ccccc1. The molecule has 1 aromatic rings. The van der Waals surface area contributed by atoms with Gasteiger partial charge in [-0.05, 0) is 45.3 Å². The molecular weight excluding hydrogens is 276 g/mol. The number of carbonyl (C=O) groups excluding carboxylic acids is 1. The van der Waals surface area contributed by atoms with E-state index in [0.717, 1.165) is 18.5 Å². The average molecular weight is 304 g/mol. The van der Waals surface area contributed by atoms with Gasteiger partial charge in [-0.1, -0.05) is 37.3 Å². The van der Waals surface area contributed by atoms with Crippen molar-refractivity contribution in [1.29, 1.82) is 0 Å². The van der Waals surface area contributed by atoms with E-state index in [4.69, 9.17) is 0 Å². The van der Waals surface area contributed by atoms with Gasteiger partial charge in [-0.15, -0.1) is 0 Å². The molecule has 1 amide bonds. The van der Waals surface area contributed by atoms with Crippen LogP contribution in [0.4, 0.5) is 0 Å². The Morgan fingerprint density at radius 1 is 1.36 bits per heavy atom. The van der Waals surface area contributed by atoms with Crippen molar-refractivity contribution in [1.82, 2.24) is 10.2 Å². The molecule has 1 saturated heterocycles. The van der Waals surface area contributed by atoms with Gasteiger partial charge in [0.1, 0.15) is 0 Å². The van der Waals surface area contributed by atoms with Crippen molar-refractivity contribution in [3.8, 4) is 0 Å². The fourth-order valence-corrected chi connectivity index (χ4v) is 3.18. The molecule has 4 nitrogen and oxygen atoms in total. The summed E-state index contributed by atoms with van der Waals surface area (Å²) in [5, 5.41) is 13.3. The maximum atomic E-state index is 12.3. The molecule has 0 aliphatic carbocycles. The van der Waals surface area contributed by atoms with E-state index >= 15 is 0 Å². The van der Waals surface area contributed by atoms with Gasteiger partial charge in [0.25, 0.3) is 0 Å². The Bertz CT molecular complexity index is 477. The Balaban J connectivity index is 1.85. The molecule has 2 rings (SSSR count). The van der Waals surface area contributed by atoms with Crippen LogP contribution in [0.15, 0.2) is 30.3 Å². The topological polar surface area (TPSA) is 52.6 Å². The number of nitrogens with one attached hydrogen (secondary N) is 1. The molecule has 0 aromatic heterocycles. The molecule has 4 atom stereocenters. The van der Waals surface area contributed by atoms with Gasteiger partial charge in [-0.25, -0.2) is 0 Å². The van der Waals surface area contributed by atoms with Gasteiger partial charge < -0.3 is 15.3 Å². The van der Waals surface area contributed by atoms with Crippen LogP contribution in [0.5, 0.6) is 0 Å². The highest BCUT2D eigenvalue weighted by Crippen LogP contribution is 2.22. The standard InChI is InChI=1S/C18H28N2O2/c1-13(12-16-10-7-11-20(16)3)18(22)19-14(2)17(21)15-8-5-4-6-9-15/h4-6,8-9,13-14,16-17,21H,7,10-12H2,1-3H3,(H,19,22)/t13?,14-,16+,17?/m1/s1. The predicted molar refractivity (Wildman–Crippen MR) is 88.4 cm³/mol. The van der Waals surface area contributed by atoms with Crippen LogP contribution in [-0.4, -0.2) is 41.6 Å². The van der Waals surface area contributed by atoms with Crippen LogP contribution in [-0.2, 0) is 4.79 Å². The van der Waals surface area contributed by atoms with E-state index in [-0.39, 0.29) is 17.9 Å². The van der Waals surface area contributed by atoms with Crippen molar-refractivity contribution in [2.45, 2.75) is 51.3 Å². The van der Waals surface area contributed by atoms with Crippen molar-refractivity contribution >= 4 is 5.91 Å². The predicted octanol–water partition coefficient (Wildman–Crippen LogP) is 2.35. The lowest BCUT2D eigenvalue weighted by Gasteiger charge is -2.25. The Morgan fingerprint density at radius 2 is 2.05 bits per heavy atom. The number of carbonyl (C=O) groups is 1. The molecule has 2 N–H and O–H groups in total. The second-order valence-electron chi connectivity index (χ2n) is 6.57. The van der Waals surface area contributed by atoms with Crippen LogP contribution in [0.3, 0.4) is 0 Å². The molecule has 122 valence electrons. The van der Waals surface area contributed by atoms with Crippen molar-refractivity contribution < 1.29 is 9.90 Å². The first-order valence-corrected chi connectivity index (χ1v) is 8.22. The minimum absolute atomic E-state index is 0.0304. The highest BCUT2D eigenvalue weighted by molar-refractivity contribution is 5.78. The number of rotatable bonds is 6. The van der Waals surface area contributed by atoms with Crippen LogP contribution >= 0.6 is 0 Å². The van der Waals surface area contributed by atoms with Crippen molar-refractivity contribution in [3.63, 3.8) is 0 Å². The van der Waals surface area contributed by atoms with Gasteiger partial charge in [0.2, 0.25) is 5.91 Å². The molecule has 22 heavy (non-hydrogen) atoms. The third kappa shape index (κ3) is 4.31. The second kappa shape index (κ2) is 7.75. The fraction of sp³-hybridized carbons (Fsp3) is 0.611. The molecule has 4 heteroatoms. The summed E-state index contributed by atoms with van der Waals surface area (Å²) in [5.74, 6) is -0.00115. The molecule has 1 aliphatic rings. The number of aliphatic hydroxyl groups excluding tert-OH is 1. The zero-order chi connectivity index (χ0) is 16.1. The smallest absolute Gasteiger partial charge is 0.223 e. The second-order valence-corrected chi connectivity index (χ2v) is 6.57. The third-order valence-electron chi connectivity index (χ3n) is 4.73. The van der Waals surface area contributed by atoms with E-state index < -0.39 is 6.10 Å². The molecule has 1 aliphatic heterocycles. The summed E-state index contributed by atoms with van der Waals surface area (Å²) in [4.78, 5) is 14.7. The number of nitrogens with zero attached hydrogens (tertiary/aromatic N) is 1. The zero-order valence-corrected chi connectivity index (χ0v) is 13.8. The quantitative estimate of drug-likeness (QED) is 0.848. The average Bonchev–Trinajstić information content (AvgIpc) is 2.92. The van der Waals surface area contributed by atoms with E-state index in [1.165, 1.54) is 12.8 Å². The van der Waals surface area contributed by atoms with Crippen LogP contribution < -0.4 is 5.32 Å². The van der Waals surface area contributed by atoms with Crippen molar-refractivity contribution in [2.24, 2.45) is 5.92 Å². The zero-order valence-electron chi connectivity index (χ0n) is 13.8. The number of amides is 1. The first-order chi connectivity index (χ1) is 10.5. The third-order valence-corrected chi connectivity index (χ3v) is 4.73. The van der Waals surface area contributed by atoms with Gasteiger partial charge in [-0.2, -0.15) is 0 Å². The van der Waals surface area contributed by atoms with Gasteiger partial charge in [0.05, 0.1) is 12.1 Å². The molecule has 0 spiro atoms. The first-order valence-electron chi connectivity index (χ1n) is 8.22. The number of hydrogen-bond acceptors (Lipinski definition) is 3. The number of hydrogen-bond donors (Lipinski definition) is 2. The van der Waals surface area contributed by atoms with Gasteiger partial charge >= 0.3 is 0 Å². The summed E-state index contributed by atoms with van der Waals surface area (Å²) >= 11 is 0. The maximum absolute atomic E-state index is 12.3. The molecule has 2 unspecified atom stereocenters. The van der Waals surface area contributed by atoms with Gasteiger partial charge in [0, 0.05) is 12.0 Å². The Labute approximate surface area is 133 Å². The monoisotopic (exact) mass is 304 g/mol. The van der Waals surface area contributed by atoms with E-state index in [1.54, 1.807) is 0 Å². The summed E-state index contributed by atoms with van der Waals surface area (Å²) < 4.78 is 0. The van der Waals surface area contributed by atoms with E-state index in [2.05, 4.69) is 17.3 Å². The van der Waals surface area contributed by atoms with Crippen LogP contribution in [0.2, 0.25) is 0 Å².